The number of hydrogen-bond donors (Lipinski definition) is 2. The molecule has 2 N–H and O–H groups in total. The molecule has 0 unspecified atom stereocenters. The third-order valence-corrected chi connectivity index (χ3v) is 7.16. The number of hydrogen-bond acceptors (Lipinski definition) is 8. The summed E-state index contributed by atoms with van der Waals surface area (Å²) in [6.07, 6.45) is 6.23. The van der Waals surface area contributed by atoms with Gasteiger partial charge in [-0.05, 0) is 57.4 Å². The summed E-state index contributed by atoms with van der Waals surface area (Å²) < 4.78 is 7.60. The highest BCUT2D eigenvalue weighted by Crippen LogP contribution is 2.38. The van der Waals surface area contributed by atoms with E-state index < -0.39 is 0 Å². The number of nitriles is 1. The van der Waals surface area contributed by atoms with Crippen molar-refractivity contribution < 1.29 is 4.74 Å². The van der Waals surface area contributed by atoms with Crippen LogP contribution in [-0.4, -0.2) is 53.7 Å². The monoisotopic (exact) mass is 521 g/mol. The second-order valence-electron chi connectivity index (χ2n) is 8.50. The summed E-state index contributed by atoms with van der Waals surface area (Å²) in [6, 6.07) is 11.8. The fourth-order valence-corrected chi connectivity index (χ4v) is 4.82. The van der Waals surface area contributed by atoms with Crippen molar-refractivity contribution in [3.8, 4) is 11.8 Å². The maximum absolute atomic E-state index is 9.78. The maximum Gasteiger partial charge on any atom is 0.172 e. The number of imidazole rings is 1. The van der Waals surface area contributed by atoms with Crippen LogP contribution in [-0.2, 0) is 7.05 Å². The number of halogens is 1. The van der Waals surface area contributed by atoms with Crippen molar-refractivity contribution in [2.75, 3.05) is 44.9 Å². The van der Waals surface area contributed by atoms with E-state index in [2.05, 4.69) is 45.7 Å². The number of nitrogens with one attached hydrogen (secondary N) is 2. The molecule has 2 heterocycles. The summed E-state index contributed by atoms with van der Waals surface area (Å²) in [5, 5.41) is 18.8. The van der Waals surface area contributed by atoms with Crippen LogP contribution in [0.5, 0.6) is 5.75 Å². The fraction of sp³-hybridized carbons (Fsp3) is 0.269. The van der Waals surface area contributed by atoms with Gasteiger partial charge in [0.15, 0.2) is 5.16 Å². The molecule has 186 valence electrons. The van der Waals surface area contributed by atoms with Gasteiger partial charge in [-0.15, -0.1) is 0 Å². The standard InChI is InChI=1S/C26H28ClN7OS/c1-33(2)10-5-8-29-22-14-21-19(13-23(22)35-4)25(17(15-28)16-31-21)32-18-6-7-24(20(27)12-18)36-26-30-9-11-34(26)3/h6-7,9,11-14,16,29H,5,8,10H2,1-4H3,(H,31,32). The Hall–Kier alpha value is -3.45. The van der Waals surface area contributed by atoms with Crippen LogP contribution in [0.4, 0.5) is 17.1 Å². The molecule has 2 aromatic heterocycles. The Kier molecular flexibility index (Phi) is 8.21. The molecule has 0 radical (unpaired) electrons. The van der Waals surface area contributed by atoms with Gasteiger partial charge < -0.3 is 24.8 Å². The zero-order chi connectivity index (χ0) is 25.7. The first-order chi connectivity index (χ1) is 17.4. The topological polar surface area (TPSA) is 91.0 Å². The van der Waals surface area contributed by atoms with Crippen LogP contribution in [0.3, 0.4) is 0 Å². The largest absolute Gasteiger partial charge is 0.495 e. The molecule has 4 rings (SSSR count). The number of nitrogens with zero attached hydrogens (tertiary/aromatic N) is 5. The number of benzene rings is 2. The van der Waals surface area contributed by atoms with Crippen molar-refractivity contribution in [1.82, 2.24) is 19.4 Å². The van der Waals surface area contributed by atoms with Crippen LogP contribution in [0.2, 0.25) is 5.02 Å². The molecule has 0 amide bonds. The number of anilines is 3. The van der Waals surface area contributed by atoms with Crippen LogP contribution in [0.25, 0.3) is 10.9 Å². The van der Waals surface area contributed by atoms with Crippen LogP contribution in [0.1, 0.15) is 12.0 Å². The van der Waals surface area contributed by atoms with E-state index in [9.17, 15) is 5.26 Å². The molecule has 0 aliphatic rings. The van der Waals surface area contributed by atoms with Crippen molar-refractivity contribution in [3.05, 3.63) is 59.5 Å². The van der Waals surface area contributed by atoms with Gasteiger partial charge in [0.25, 0.3) is 0 Å². The number of methoxy groups -OCH3 is 1. The van der Waals surface area contributed by atoms with Gasteiger partial charge in [0, 0.05) is 48.2 Å². The molecule has 36 heavy (non-hydrogen) atoms. The van der Waals surface area contributed by atoms with Gasteiger partial charge >= 0.3 is 0 Å². The Morgan fingerprint density at radius 3 is 2.72 bits per heavy atom. The first kappa shape index (κ1) is 25.6. The molecule has 0 saturated heterocycles. The number of pyridine rings is 1. The summed E-state index contributed by atoms with van der Waals surface area (Å²) in [5.74, 6) is 0.687. The number of ether oxygens (including phenoxy) is 1. The minimum Gasteiger partial charge on any atom is -0.495 e. The van der Waals surface area contributed by atoms with E-state index in [1.165, 1.54) is 11.8 Å². The minimum absolute atomic E-state index is 0.429. The van der Waals surface area contributed by atoms with Crippen molar-refractivity contribution in [3.63, 3.8) is 0 Å². The zero-order valence-electron chi connectivity index (χ0n) is 20.7. The van der Waals surface area contributed by atoms with E-state index in [1.807, 2.05) is 48.1 Å². The van der Waals surface area contributed by atoms with E-state index in [0.717, 1.165) is 51.8 Å². The summed E-state index contributed by atoms with van der Waals surface area (Å²) >= 11 is 8.09. The minimum atomic E-state index is 0.429. The highest BCUT2D eigenvalue weighted by molar-refractivity contribution is 7.99. The van der Waals surface area contributed by atoms with E-state index in [4.69, 9.17) is 16.3 Å². The van der Waals surface area contributed by atoms with Gasteiger partial charge in [0.2, 0.25) is 0 Å². The van der Waals surface area contributed by atoms with Crippen molar-refractivity contribution in [1.29, 1.82) is 5.26 Å². The molecule has 0 spiro atoms. The SMILES string of the molecule is COc1cc2c(Nc3ccc(Sc4nccn4C)c(Cl)c3)c(C#N)cnc2cc1NCCCN(C)C. The number of fused-ring (bicyclic) bond motifs is 1. The van der Waals surface area contributed by atoms with Gasteiger partial charge in [0.05, 0.1) is 34.6 Å². The van der Waals surface area contributed by atoms with Crippen LogP contribution in [0.15, 0.2) is 59.0 Å². The second-order valence-corrected chi connectivity index (χ2v) is 9.92. The normalized spacial score (nSPS) is 11.0. The molecule has 0 bridgehead atoms. The van der Waals surface area contributed by atoms with Gasteiger partial charge in [-0.2, -0.15) is 5.26 Å². The van der Waals surface area contributed by atoms with E-state index in [-0.39, 0.29) is 0 Å². The van der Waals surface area contributed by atoms with Crippen LogP contribution in [0, 0.1) is 11.3 Å². The van der Waals surface area contributed by atoms with E-state index >= 15 is 0 Å². The summed E-state index contributed by atoms with van der Waals surface area (Å²) in [4.78, 5) is 11.9. The lowest BCUT2D eigenvalue weighted by atomic mass is 10.1. The molecule has 0 saturated carbocycles. The molecule has 0 fully saturated rings. The highest BCUT2D eigenvalue weighted by Gasteiger charge is 2.15. The predicted molar refractivity (Wildman–Crippen MR) is 147 cm³/mol. The van der Waals surface area contributed by atoms with E-state index in [0.29, 0.717) is 22.0 Å². The average Bonchev–Trinajstić information content (AvgIpc) is 3.27. The fourth-order valence-electron chi connectivity index (χ4n) is 3.72. The van der Waals surface area contributed by atoms with E-state index in [1.54, 1.807) is 19.5 Å². The van der Waals surface area contributed by atoms with Crippen molar-refractivity contribution >= 4 is 51.3 Å². The molecule has 0 aliphatic heterocycles. The molecule has 10 heteroatoms. The third kappa shape index (κ3) is 5.85. The van der Waals surface area contributed by atoms with Crippen molar-refractivity contribution in [2.45, 2.75) is 16.5 Å². The quantitative estimate of drug-likeness (QED) is 0.254. The Bertz CT molecular complexity index is 1410. The van der Waals surface area contributed by atoms with Crippen LogP contribution >= 0.6 is 23.4 Å². The lowest BCUT2D eigenvalue weighted by Gasteiger charge is -2.17. The van der Waals surface area contributed by atoms with Gasteiger partial charge in [-0.25, -0.2) is 4.98 Å². The maximum atomic E-state index is 9.78. The summed E-state index contributed by atoms with van der Waals surface area (Å²) in [5.41, 5.74) is 3.46. The Morgan fingerprint density at radius 2 is 2.06 bits per heavy atom. The molecule has 4 aromatic rings. The summed E-state index contributed by atoms with van der Waals surface area (Å²) in [6.45, 7) is 1.80. The molecular weight excluding hydrogens is 494 g/mol. The number of aryl methyl sites for hydroxylation is 1. The predicted octanol–water partition coefficient (Wildman–Crippen LogP) is 5.76. The third-order valence-electron chi connectivity index (χ3n) is 5.59. The number of aromatic nitrogens is 3. The molecule has 0 aliphatic carbocycles. The first-order valence-corrected chi connectivity index (χ1v) is 12.6. The Morgan fingerprint density at radius 1 is 1.22 bits per heavy atom. The van der Waals surface area contributed by atoms with Gasteiger partial charge in [0.1, 0.15) is 11.8 Å². The Balaban J connectivity index is 1.63. The Labute approximate surface area is 220 Å². The smallest absolute Gasteiger partial charge is 0.172 e. The zero-order valence-corrected chi connectivity index (χ0v) is 22.2. The molecule has 0 atom stereocenters. The molecule has 2 aromatic carbocycles. The first-order valence-electron chi connectivity index (χ1n) is 11.4. The van der Waals surface area contributed by atoms with Crippen LogP contribution < -0.4 is 15.4 Å². The highest BCUT2D eigenvalue weighted by atomic mass is 35.5. The lowest BCUT2D eigenvalue weighted by molar-refractivity contribution is 0.404. The van der Waals surface area contributed by atoms with Gasteiger partial charge in [-0.3, -0.25) is 4.98 Å². The average molecular weight is 522 g/mol. The molecular formula is C26H28ClN7OS. The lowest BCUT2D eigenvalue weighted by Crippen LogP contribution is -2.16. The second kappa shape index (κ2) is 11.5. The molecule has 8 nitrogen and oxygen atoms in total. The van der Waals surface area contributed by atoms with Crippen molar-refractivity contribution in [2.24, 2.45) is 7.05 Å². The van der Waals surface area contributed by atoms with Gasteiger partial charge in [-0.1, -0.05) is 23.4 Å². The number of rotatable bonds is 10. The summed E-state index contributed by atoms with van der Waals surface area (Å²) in [7, 11) is 7.69.